The molecule has 1 saturated heterocycles. The maximum Gasteiger partial charge on any atom is 0.253 e. The average Bonchev–Trinajstić information content (AvgIpc) is 3.36. The second-order valence-electron chi connectivity index (χ2n) is 11.7. The first-order valence-corrected chi connectivity index (χ1v) is 15.8. The van der Waals surface area contributed by atoms with Crippen molar-refractivity contribution in [3.8, 4) is 0 Å². The molecule has 43 heavy (non-hydrogen) atoms. The molecule has 238 valence electrons. The number of nitrogens with one attached hydrogen (secondary N) is 2. The third kappa shape index (κ3) is 8.56. The molecule has 2 atom stereocenters. The van der Waals surface area contributed by atoms with Crippen molar-refractivity contribution in [1.29, 1.82) is 0 Å². The van der Waals surface area contributed by atoms with Crippen molar-refractivity contribution in [2.75, 3.05) is 66.3 Å². The Bertz CT molecular complexity index is 1220. The van der Waals surface area contributed by atoms with Crippen molar-refractivity contribution in [1.82, 2.24) is 25.0 Å². The van der Waals surface area contributed by atoms with Gasteiger partial charge in [-0.05, 0) is 63.9 Å². The summed E-state index contributed by atoms with van der Waals surface area (Å²) in [5, 5.41) is 15.8. The van der Waals surface area contributed by atoms with E-state index in [0.717, 1.165) is 42.3 Å². The van der Waals surface area contributed by atoms with E-state index < -0.39 is 6.04 Å². The zero-order valence-corrected chi connectivity index (χ0v) is 26.0. The minimum Gasteiger partial charge on any atom is -0.394 e. The summed E-state index contributed by atoms with van der Waals surface area (Å²) in [6.07, 6.45) is 5.22. The summed E-state index contributed by atoms with van der Waals surface area (Å²) in [6, 6.07) is 7.00. The Balaban J connectivity index is 1.33. The van der Waals surface area contributed by atoms with Crippen LogP contribution in [0.1, 0.15) is 55.1 Å². The molecule has 1 aromatic heterocycles. The number of hydrogen-bond acceptors (Lipinski definition) is 7. The van der Waals surface area contributed by atoms with Crippen LogP contribution in [-0.4, -0.2) is 116 Å². The number of hydrogen-bond donors (Lipinski definition) is 3. The highest BCUT2D eigenvalue weighted by Gasteiger charge is 2.36. The topological polar surface area (TPSA) is 125 Å². The molecule has 1 aromatic carbocycles. The predicted molar refractivity (Wildman–Crippen MR) is 165 cm³/mol. The van der Waals surface area contributed by atoms with E-state index in [1.165, 1.54) is 6.42 Å². The Morgan fingerprint density at radius 3 is 2.30 bits per heavy atom. The molecule has 11 heteroatoms. The van der Waals surface area contributed by atoms with Crippen molar-refractivity contribution in [2.24, 2.45) is 5.92 Å². The lowest BCUT2D eigenvalue weighted by molar-refractivity contribution is -0.140. The summed E-state index contributed by atoms with van der Waals surface area (Å²) in [6.45, 7) is 8.14. The van der Waals surface area contributed by atoms with E-state index in [4.69, 9.17) is 14.6 Å². The van der Waals surface area contributed by atoms with Crippen LogP contribution in [0, 0.1) is 12.8 Å². The smallest absolute Gasteiger partial charge is 0.253 e. The number of ether oxygens (including phenoxy) is 2. The van der Waals surface area contributed by atoms with Crippen LogP contribution in [0.5, 0.6) is 0 Å². The van der Waals surface area contributed by atoms with Gasteiger partial charge in [-0.2, -0.15) is 0 Å². The van der Waals surface area contributed by atoms with Crippen LogP contribution >= 0.6 is 0 Å². The molecule has 1 aliphatic heterocycles. The fourth-order valence-corrected chi connectivity index (χ4v) is 6.15. The molecule has 1 unspecified atom stereocenters. The van der Waals surface area contributed by atoms with Gasteiger partial charge in [0.1, 0.15) is 6.04 Å². The first-order chi connectivity index (χ1) is 20.8. The number of amides is 3. The van der Waals surface area contributed by atoms with Crippen LogP contribution in [0.25, 0.3) is 10.9 Å². The molecule has 4 rings (SSSR count). The predicted octanol–water partition coefficient (Wildman–Crippen LogP) is 1.93. The van der Waals surface area contributed by atoms with Crippen LogP contribution in [0.4, 0.5) is 0 Å². The Hall–Kier alpha value is -2.99. The van der Waals surface area contributed by atoms with E-state index in [2.05, 4.69) is 21.3 Å². The van der Waals surface area contributed by atoms with Gasteiger partial charge in [0.2, 0.25) is 11.8 Å². The number of benzene rings is 1. The number of carbonyl (C=O) groups is 3. The molecule has 2 fully saturated rings. The number of aryl methyl sites for hydroxylation is 1. The number of piperazine rings is 1. The maximum atomic E-state index is 13.7. The van der Waals surface area contributed by atoms with Crippen molar-refractivity contribution < 1.29 is 29.0 Å². The number of aliphatic hydroxyl groups excluding tert-OH is 1. The van der Waals surface area contributed by atoms with E-state index in [0.29, 0.717) is 64.7 Å². The molecule has 0 bridgehead atoms. The summed E-state index contributed by atoms with van der Waals surface area (Å²) in [5.41, 5.74) is 2.78. The van der Waals surface area contributed by atoms with Gasteiger partial charge in [0.25, 0.3) is 5.91 Å². The highest BCUT2D eigenvalue weighted by Crippen LogP contribution is 2.28. The normalized spacial score (nSPS) is 17.7. The second-order valence-corrected chi connectivity index (χ2v) is 11.7. The SMILES string of the molecule is CNC(C)C(=O)N[C@H](C(=O)N1CCN(C(=O)c2ccc3c(c2)cc(C)n3CCOCCOCCO)CC1)C1CCCCC1. The van der Waals surface area contributed by atoms with Gasteiger partial charge in [-0.15, -0.1) is 0 Å². The Morgan fingerprint density at radius 2 is 1.63 bits per heavy atom. The van der Waals surface area contributed by atoms with Gasteiger partial charge in [-0.3, -0.25) is 14.4 Å². The minimum atomic E-state index is -0.523. The van der Waals surface area contributed by atoms with E-state index in [1.807, 2.05) is 34.9 Å². The Labute approximate surface area is 254 Å². The number of nitrogens with zero attached hydrogens (tertiary/aromatic N) is 3. The van der Waals surface area contributed by atoms with Crippen LogP contribution in [0.3, 0.4) is 0 Å². The molecular formula is C32H49N5O6. The van der Waals surface area contributed by atoms with Crippen molar-refractivity contribution >= 4 is 28.6 Å². The molecule has 2 aliphatic rings. The molecule has 0 radical (unpaired) electrons. The average molecular weight is 600 g/mol. The number of fused-ring (bicyclic) bond motifs is 1. The molecule has 0 spiro atoms. The van der Waals surface area contributed by atoms with Crippen LogP contribution in [0.2, 0.25) is 0 Å². The fourth-order valence-electron chi connectivity index (χ4n) is 6.15. The number of aromatic nitrogens is 1. The lowest BCUT2D eigenvalue weighted by Crippen LogP contribution is -2.59. The van der Waals surface area contributed by atoms with Gasteiger partial charge in [-0.25, -0.2) is 0 Å². The van der Waals surface area contributed by atoms with E-state index in [1.54, 1.807) is 14.0 Å². The maximum absolute atomic E-state index is 13.7. The highest BCUT2D eigenvalue weighted by atomic mass is 16.5. The third-order valence-electron chi connectivity index (χ3n) is 8.81. The highest BCUT2D eigenvalue weighted by molar-refractivity contribution is 5.98. The lowest BCUT2D eigenvalue weighted by atomic mass is 9.83. The van der Waals surface area contributed by atoms with Crippen molar-refractivity contribution in [3.63, 3.8) is 0 Å². The molecule has 2 aromatic rings. The zero-order valence-electron chi connectivity index (χ0n) is 26.0. The third-order valence-corrected chi connectivity index (χ3v) is 8.81. The number of rotatable bonds is 14. The van der Waals surface area contributed by atoms with Gasteiger partial charge in [0.15, 0.2) is 0 Å². The summed E-state index contributed by atoms with van der Waals surface area (Å²) in [7, 11) is 1.74. The Morgan fingerprint density at radius 1 is 0.953 bits per heavy atom. The minimum absolute atomic E-state index is 0.00744. The number of likely N-dealkylation sites (N-methyl/N-ethyl adjacent to an activating group) is 1. The number of carbonyl (C=O) groups excluding carboxylic acids is 3. The quantitative estimate of drug-likeness (QED) is 0.284. The van der Waals surface area contributed by atoms with E-state index in [9.17, 15) is 14.4 Å². The summed E-state index contributed by atoms with van der Waals surface area (Å²) < 4.78 is 13.1. The van der Waals surface area contributed by atoms with Gasteiger partial charge in [0, 0.05) is 54.9 Å². The van der Waals surface area contributed by atoms with Crippen molar-refractivity contribution in [2.45, 2.75) is 64.6 Å². The van der Waals surface area contributed by atoms with E-state index in [-0.39, 0.29) is 36.3 Å². The molecular weight excluding hydrogens is 550 g/mol. The molecule has 2 heterocycles. The number of aliphatic hydroxyl groups is 1. The monoisotopic (exact) mass is 599 g/mol. The van der Waals surface area contributed by atoms with Crippen LogP contribution in [-0.2, 0) is 25.6 Å². The van der Waals surface area contributed by atoms with Crippen LogP contribution < -0.4 is 10.6 Å². The molecule has 3 amide bonds. The van der Waals surface area contributed by atoms with Crippen LogP contribution in [0.15, 0.2) is 24.3 Å². The largest absolute Gasteiger partial charge is 0.394 e. The first kappa shape index (κ1) is 32.9. The standard InChI is InChI=1S/C32H49N5O6/c1-23-21-27-22-26(9-10-28(27)37(23)15-17-42-19-20-43-18-16-38)31(40)35-11-13-36(14-12-35)32(41)29(25-7-5-4-6-8-25)34-30(39)24(2)33-3/h9-10,21-22,24-25,29,33,38H,4-8,11-20H2,1-3H3,(H,34,39)/t24?,29-/m0/s1. The van der Waals surface area contributed by atoms with Gasteiger partial charge >= 0.3 is 0 Å². The van der Waals surface area contributed by atoms with E-state index >= 15 is 0 Å². The van der Waals surface area contributed by atoms with Gasteiger partial charge in [-0.1, -0.05) is 19.3 Å². The summed E-state index contributed by atoms with van der Waals surface area (Å²) in [4.78, 5) is 43.5. The van der Waals surface area contributed by atoms with Crippen molar-refractivity contribution in [3.05, 3.63) is 35.5 Å². The summed E-state index contributed by atoms with van der Waals surface area (Å²) in [5.74, 6) is -0.0777. The van der Waals surface area contributed by atoms with Gasteiger partial charge < -0.3 is 39.6 Å². The molecule has 1 saturated carbocycles. The molecule has 11 nitrogen and oxygen atoms in total. The second kappa shape index (κ2) is 16.2. The molecule has 3 N–H and O–H groups in total. The fraction of sp³-hybridized carbons (Fsp3) is 0.656. The molecule has 1 aliphatic carbocycles. The first-order valence-electron chi connectivity index (χ1n) is 15.8. The lowest BCUT2D eigenvalue weighted by Gasteiger charge is -2.39. The summed E-state index contributed by atoms with van der Waals surface area (Å²) >= 11 is 0. The zero-order chi connectivity index (χ0) is 30.8. The Kier molecular flexibility index (Phi) is 12.4. The van der Waals surface area contributed by atoms with Gasteiger partial charge in [0.05, 0.1) is 39.1 Å².